The largest absolute Gasteiger partial charge is 0.457 e. The lowest BCUT2D eigenvalue weighted by molar-refractivity contribution is 0.0664. The Morgan fingerprint density at radius 3 is 2.09 bits per heavy atom. The van der Waals surface area contributed by atoms with Gasteiger partial charge in [0.2, 0.25) is 0 Å². The number of benzene rings is 2. The molecule has 4 heteroatoms. The second-order valence-corrected chi connectivity index (χ2v) is 5.53. The molecule has 22 heavy (non-hydrogen) atoms. The third-order valence-corrected chi connectivity index (χ3v) is 3.87. The van der Waals surface area contributed by atoms with Crippen LogP contribution in [0.5, 0.6) is 11.5 Å². The van der Waals surface area contributed by atoms with Crippen LogP contribution in [-0.2, 0) is 0 Å². The molecule has 0 aromatic heterocycles. The van der Waals surface area contributed by atoms with Crippen LogP contribution in [0, 0.1) is 0 Å². The summed E-state index contributed by atoms with van der Waals surface area (Å²) >= 11 is 0. The van der Waals surface area contributed by atoms with Crippen LogP contribution in [0.15, 0.2) is 54.6 Å². The van der Waals surface area contributed by atoms with Gasteiger partial charge in [-0.3, -0.25) is 4.79 Å². The standard InChI is InChI=1S/C18H20N2O2/c1-19-11-13-20(14-12-19)18(21)15-7-9-17(10-8-15)22-16-5-3-2-4-6-16/h2-10H,11-14H2,1H3. The zero-order chi connectivity index (χ0) is 15.4. The molecule has 1 fully saturated rings. The lowest BCUT2D eigenvalue weighted by Gasteiger charge is -2.32. The van der Waals surface area contributed by atoms with Gasteiger partial charge in [0.05, 0.1) is 0 Å². The van der Waals surface area contributed by atoms with E-state index in [1.807, 2.05) is 59.5 Å². The Labute approximate surface area is 130 Å². The van der Waals surface area contributed by atoms with E-state index in [9.17, 15) is 4.79 Å². The lowest BCUT2D eigenvalue weighted by atomic mass is 10.1. The summed E-state index contributed by atoms with van der Waals surface area (Å²) in [5, 5.41) is 0. The fraction of sp³-hybridized carbons (Fsp3) is 0.278. The van der Waals surface area contributed by atoms with E-state index in [2.05, 4.69) is 11.9 Å². The molecule has 0 aliphatic carbocycles. The summed E-state index contributed by atoms with van der Waals surface area (Å²) in [6.07, 6.45) is 0. The zero-order valence-electron chi connectivity index (χ0n) is 12.7. The van der Waals surface area contributed by atoms with Gasteiger partial charge in [-0.2, -0.15) is 0 Å². The SMILES string of the molecule is CN1CCN(C(=O)c2ccc(Oc3ccccc3)cc2)CC1. The second kappa shape index (κ2) is 6.62. The molecule has 1 aliphatic heterocycles. The molecule has 0 radical (unpaired) electrons. The van der Waals surface area contributed by atoms with Crippen LogP contribution < -0.4 is 4.74 Å². The number of piperazine rings is 1. The first-order valence-electron chi connectivity index (χ1n) is 7.53. The van der Waals surface area contributed by atoms with Gasteiger partial charge >= 0.3 is 0 Å². The third-order valence-electron chi connectivity index (χ3n) is 3.87. The van der Waals surface area contributed by atoms with Gasteiger partial charge in [0, 0.05) is 31.7 Å². The molecule has 0 saturated carbocycles. The van der Waals surface area contributed by atoms with Crippen LogP contribution in [-0.4, -0.2) is 48.9 Å². The van der Waals surface area contributed by atoms with Gasteiger partial charge in [-0.05, 0) is 43.4 Å². The predicted molar refractivity (Wildman–Crippen MR) is 86.4 cm³/mol. The number of carbonyl (C=O) groups is 1. The minimum atomic E-state index is 0.0966. The summed E-state index contributed by atoms with van der Waals surface area (Å²) in [6.45, 7) is 3.44. The van der Waals surface area contributed by atoms with E-state index < -0.39 is 0 Å². The number of carbonyl (C=O) groups excluding carboxylic acids is 1. The molecule has 3 rings (SSSR count). The van der Waals surface area contributed by atoms with Gasteiger partial charge in [0.1, 0.15) is 11.5 Å². The minimum Gasteiger partial charge on any atom is -0.457 e. The average molecular weight is 296 g/mol. The fourth-order valence-corrected chi connectivity index (χ4v) is 2.48. The highest BCUT2D eigenvalue weighted by Gasteiger charge is 2.20. The monoisotopic (exact) mass is 296 g/mol. The number of nitrogens with zero attached hydrogens (tertiary/aromatic N) is 2. The van der Waals surface area contributed by atoms with Crippen molar-refractivity contribution in [2.75, 3.05) is 33.2 Å². The van der Waals surface area contributed by atoms with Crippen molar-refractivity contribution in [1.82, 2.24) is 9.80 Å². The van der Waals surface area contributed by atoms with Crippen molar-refractivity contribution in [2.24, 2.45) is 0 Å². The van der Waals surface area contributed by atoms with Gasteiger partial charge in [0.25, 0.3) is 5.91 Å². The molecule has 0 atom stereocenters. The van der Waals surface area contributed by atoms with Crippen molar-refractivity contribution in [3.8, 4) is 11.5 Å². The van der Waals surface area contributed by atoms with Crippen LogP contribution in [0.4, 0.5) is 0 Å². The first-order valence-corrected chi connectivity index (χ1v) is 7.53. The molecule has 1 heterocycles. The number of rotatable bonds is 3. The Bertz CT molecular complexity index is 617. The fourth-order valence-electron chi connectivity index (χ4n) is 2.48. The van der Waals surface area contributed by atoms with Crippen molar-refractivity contribution < 1.29 is 9.53 Å². The Morgan fingerprint density at radius 1 is 0.864 bits per heavy atom. The summed E-state index contributed by atoms with van der Waals surface area (Å²) in [4.78, 5) is 16.6. The Hall–Kier alpha value is -2.33. The summed E-state index contributed by atoms with van der Waals surface area (Å²) in [5.41, 5.74) is 0.713. The summed E-state index contributed by atoms with van der Waals surface area (Å²) in [7, 11) is 2.08. The maximum Gasteiger partial charge on any atom is 0.253 e. The maximum absolute atomic E-state index is 12.4. The number of ether oxygens (including phenoxy) is 1. The highest BCUT2D eigenvalue weighted by atomic mass is 16.5. The molecule has 114 valence electrons. The zero-order valence-corrected chi connectivity index (χ0v) is 12.7. The van der Waals surface area contributed by atoms with Crippen molar-refractivity contribution >= 4 is 5.91 Å². The number of hydrogen-bond acceptors (Lipinski definition) is 3. The van der Waals surface area contributed by atoms with Gasteiger partial charge < -0.3 is 14.5 Å². The van der Waals surface area contributed by atoms with Crippen LogP contribution in [0.1, 0.15) is 10.4 Å². The van der Waals surface area contributed by atoms with Crippen molar-refractivity contribution in [3.63, 3.8) is 0 Å². The predicted octanol–water partition coefficient (Wildman–Crippen LogP) is 2.87. The minimum absolute atomic E-state index is 0.0966. The molecule has 4 nitrogen and oxygen atoms in total. The molecule has 1 saturated heterocycles. The van der Waals surface area contributed by atoms with E-state index in [0.717, 1.165) is 37.7 Å². The van der Waals surface area contributed by atoms with Crippen molar-refractivity contribution in [3.05, 3.63) is 60.2 Å². The molecule has 0 spiro atoms. The summed E-state index contributed by atoms with van der Waals surface area (Å²) in [6, 6.07) is 17.0. The topological polar surface area (TPSA) is 32.8 Å². The van der Waals surface area contributed by atoms with Crippen LogP contribution >= 0.6 is 0 Å². The third kappa shape index (κ3) is 3.46. The van der Waals surface area contributed by atoms with E-state index in [1.165, 1.54) is 0 Å². The number of amides is 1. The van der Waals surface area contributed by atoms with Gasteiger partial charge in [0.15, 0.2) is 0 Å². The van der Waals surface area contributed by atoms with E-state index in [4.69, 9.17) is 4.74 Å². The maximum atomic E-state index is 12.4. The molecule has 0 bridgehead atoms. The molecule has 1 aliphatic rings. The molecular formula is C18H20N2O2. The molecule has 0 N–H and O–H groups in total. The Morgan fingerprint density at radius 2 is 1.45 bits per heavy atom. The Kier molecular flexibility index (Phi) is 4.39. The molecule has 0 unspecified atom stereocenters. The van der Waals surface area contributed by atoms with E-state index in [0.29, 0.717) is 5.56 Å². The van der Waals surface area contributed by atoms with Crippen LogP contribution in [0.25, 0.3) is 0 Å². The molecule has 1 amide bonds. The highest BCUT2D eigenvalue weighted by molar-refractivity contribution is 5.94. The average Bonchev–Trinajstić information content (AvgIpc) is 2.57. The van der Waals surface area contributed by atoms with Crippen LogP contribution in [0.2, 0.25) is 0 Å². The normalized spacial score (nSPS) is 15.6. The quantitative estimate of drug-likeness (QED) is 0.873. The van der Waals surface area contributed by atoms with E-state index >= 15 is 0 Å². The van der Waals surface area contributed by atoms with Crippen molar-refractivity contribution in [2.45, 2.75) is 0 Å². The summed E-state index contributed by atoms with van der Waals surface area (Å²) in [5.74, 6) is 1.63. The smallest absolute Gasteiger partial charge is 0.253 e. The van der Waals surface area contributed by atoms with Gasteiger partial charge in [-0.1, -0.05) is 18.2 Å². The van der Waals surface area contributed by atoms with E-state index in [1.54, 1.807) is 0 Å². The number of hydrogen-bond donors (Lipinski definition) is 0. The summed E-state index contributed by atoms with van der Waals surface area (Å²) < 4.78 is 5.74. The first-order chi connectivity index (χ1) is 10.7. The van der Waals surface area contributed by atoms with Crippen LogP contribution in [0.3, 0.4) is 0 Å². The molecule has 2 aromatic rings. The number of para-hydroxylation sites is 1. The molecule has 2 aromatic carbocycles. The number of likely N-dealkylation sites (N-methyl/N-ethyl adjacent to an activating group) is 1. The lowest BCUT2D eigenvalue weighted by Crippen LogP contribution is -2.47. The van der Waals surface area contributed by atoms with Gasteiger partial charge in [-0.25, -0.2) is 0 Å². The first kappa shape index (κ1) is 14.6. The molecular weight excluding hydrogens is 276 g/mol. The van der Waals surface area contributed by atoms with Crippen molar-refractivity contribution in [1.29, 1.82) is 0 Å². The highest BCUT2D eigenvalue weighted by Crippen LogP contribution is 2.21. The second-order valence-electron chi connectivity index (χ2n) is 5.53. The van der Waals surface area contributed by atoms with Gasteiger partial charge in [-0.15, -0.1) is 0 Å². The Balaban J connectivity index is 1.65. The van der Waals surface area contributed by atoms with E-state index in [-0.39, 0.29) is 5.91 Å².